The number of aliphatic carboxylic acids is 1. The van der Waals surface area contributed by atoms with E-state index in [1.54, 1.807) is 13.8 Å². The number of rotatable bonds is 3. The highest BCUT2D eigenvalue weighted by Gasteiger charge is 2.60. The fourth-order valence-electron chi connectivity index (χ4n) is 3.88. The van der Waals surface area contributed by atoms with Gasteiger partial charge in [-0.25, -0.2) is 0 Å². The normalized spacial score (nSPS) is 37.3. The summed E-state index contributed by atoms with van der Waals surface area (Å²) in [5.41, 5.74) is 0. The van der Waals surface area contributed by atoms with Gasteiger partial charge >= 0.3 is 0 Å². The molecule has 1 aliphatic heterocycles. The lowest BCUT2D eigenvalue weighted by molar-refractivity contribution is -0.312. The van der Waals surface area contributed by atoms with Gasteiger partial charge in [0.15, 0.2) is 0 Å². The summed E-state index contributed by atoms with van der Waals surface area (Å²) < 4.78 is 0. The number of likely N-dealkylation sites (tertiary alicyclic amines) is 1. The van der Waals surface area contributed by atoms with Gasteiger partial charge in [0, 0.05) is 0 Å². The van der Waals surface area contributed by atoms with Gasteiger partial charge in [-0.05, 0) is 24.2 Å². The number of imide groups is 1. The molecule has 2 bridgehead atoms. The quantitative estimate of drug-likeness (QED) is 0.510. The molecule has 3 aliphatic rings. The minimum absolute atomic E-state index is 0.103. The Morgan fingerprint density at radius 2 is 1.68 bits per heavy atom. The third kappa shape index (κ3) is 1.50. The molecule has 0 N–H and O–H groups in total. The van der Waals surface area contributed by atoms with Crippen LogP contribution in [0, 0.1) is 29.6 Å². The third-order valence-electron chi connectivity index (χ3n) is 4.66. The van der Waals surface area contributed by atoms with Gasteiger partial charge in [-0.2, -0.15) is 0 Å². The van der Waals surface area contributed by atoms with Crippen molar-refractivity contribution in [2.45, 2.75) is 26.3 Å². The van der Waals surface area contributed by atoms with E-state index in [1.807, 2.05) is 12.2 Å². The summed E-state index contributed by atoms with van der Waals surface area (Å²) in [4.78, 5) is 37.0. The molecule has 2 aliphatic carbocycles. The molecule has 5 atom stereocenters. The standard InChI is InChI=1S/C14H17NO4/c1-6(2)11(14(18)19)15-12(16)9-7-3-4-8(5-7)10(9)13(15)17/h3-4,6-11H,5H2,1-2H3,(H,18,19)/p-1/t7-,8-,9-,10+,11-/m0/s1. The zero-order valence-corrected chi connectivity index (χ0v) is 10.9. The van der Waals surface area contributed by atoms with Crippen LogP contribution >= 0.6 is 0 Å². The largest absolute Gasteiger partial charge is 0.548 e. The van der Waals surface area contributed by atoms with E-state index >= 15 is 0 Å². The van der Waals surface area contributed by atoms with Crippen molar-refractivity contribution >= 4 is 17.8 Å². The van der Waals surface area contributed by atoms with Crippen molar-refractivity contribution in [1.82, 2.24) is 4.90 Å². The number of allylic oxidation sites excluding steroid dienone is 2. The van der Waals surface area contributed by atoms with Crippen molar-refractivity contribution < 1.29 is 19.5 Å². The van der Waals surface area contributed by atoms with Crippen molar-refractivity contribution in [3.63, 3.8) is 0 Å². The number of nitrogens with zero attached hydrogens (tertiary/aromatic N) is 1. The maximum absolute atomic E-state index is 12.4. The fourth-order valence-corrected chi connectivity index (χ4v) is 3.88. The van der Waals surface area contributed by atoms with Crippen molar-refractivity contribution in [3.05, 3.63) is 12.2 Å². The number of carboxylic acids is 1. The van der Waals surface area contributed by atoms with Gasteiger partial charge in [-0.3, -0.25) is 14.5 Å². The molecule has 1 heterocycles. The summed E-state index contributed by atoms with van der Waals surface area (Å²) in [5.74, 6) is -2.83. The molecule has 0 aromatic carbocycles. The van der Waals surface area contributed by atoms with Gasteiger partial charge in [0.2, 0.25) is 11.8 Å². The van der Waals surface area contributed by atoms with E-state index in [-0.39, 0.29) is 41.4 Å². The van der Waals surface area contributed by atoms with Crippen molar-refractivity contribution in [3.8, 4) is 0 Å². The fraction of sp³-hybridized carbons (Fsp3) is 0.643. The van der Waals surface area contributed by atoms with Gasteiger partial charge in [0.05, 0.1) is 23.8 Å². The molecule has 102 valence electrons. The molecule has 0 aromatic rings. The van der Waals surface area contributed by atoms with Crippen LogP contribution in [0.5, 0.6) is 0 Å². The Balaban J connectivity index is 1.96. The SMILES string of the molecule is CC(C)[C@@H](C(=O)[O-])N1C(=O)[C@@H]2[C@H](C1=O)[C@H]1C=C[C@H]2C1. The Morgan fingerprint density at radius 3 is 2.05 bits per heavy atom. The Bertz CT molecular complexity index is 466. The smallest absolute Gasteiger partial charge is 0.234 e. The van der Waals surface area contributed by atoms with E-state index in [2.05, 4.69) is 0 Å². The minimum Gasteiger partial charge on any atom is -0.548 e. The van der Waals surface area contributed by atoms with Gasteiger partial charge in [-0.15, -0.1) is 0 Å². The van der Waals surface area contributed by atoms with E-state index in [0.717, 1.165) is 11.3 Å². The Morgan fingerprint density at radius 1 is 1.21 bits per heavy atom. The molecule has 3 rings (SSSR count). The van der Waals surface area contributed by atoms with Gasteiger partial charge in [0.1, 0.15) is 0 Å². The lowest BCUT2D eigenvalue weighted by Crippen LogP contribution is -2.54. The molecule has 19 heavy (non-hydrogen) atoms. The van der Waals surface area contributed by atoms with E-state index in [4.69, 9.17) is 0 Å². The number of hydrogen-bond donors (Lipinski definition) is 0. The summed E-state index contributed by atoms with van der Waals surface area (Å²) >= 11 is 0. The molecular formula is C14H16NO4-. The third-order valence-corrected chi connectivity index (χ3v) is 4.66. The van der Waals surface area contributed by atoms with Gasteiger partial charge < -0.3 is 9.90 Å². The highest BCUT2D eigenvalue weighted by molar-refractivity contribution is 6.08. The first-order chi connectivity index (χ1) is 8.93. The van der Waals surface area contributed by atoms with Crippen LogP contribution in [0.15, 0.2) is 12.2 Å². The predicted molar refractivity (Wildman–Crippen MR) is 63.2 cm³/mol. The molecule has 0 spiro atoms. The Labute approximate surface area is 111 Å². The lowest BCUT2D eigenvalue weighted by atomic mass is 9.85. The average Bonchev–Trinajstić information content (AvgIpc) is 2.97. The van der Waals surface area contributed by atoms with E-state index in [1.165, 1.54) is 0 Å². The van der Waals surface area contributed by atoms with Gasteiger partial charge in [0.25, 0.3) is 0 Å². The Kier molecular flexibility index (Phi) is 2.56. The van der Waals surface area contributed by atoms with Gasteiger partial charge in [-0.1, -0.05) is 26.0 Å². The van der Waals surface area contributed by atoms with E-state index in [0.29, 0.717) is 0 Å². The second-order valence-electron chi connectivity index (χ2n) is 6.05. The minimum atomic E-state index is -1.35. The van der Waals surface area contributed by atoms with E-state index < -0.39 is 12.0 Å². The molecule has 1 saturated carbocycles. The number of fused-ring (bicyclic) bond motifs is 5. The number of carbonyl (C=O) groups excluding carboxylic acids is 3. The topological polar surface area (TPSA) is 77.5 Å². The van der Waals surface area contributed by atoms with Crippen molar-refractivity contribution in [2.24, 2.45) is 29.6 Å². The first kappa shape index (κ1) is 12.4. The average molecular weight is 262 g/mol. The van der Waals surface area contributed by atoms with Crippen LogP contribution in [-0.4, -0.2) is 28.7 Å². The highest BCUT2D eigenvalue weighted by Crippen LogP contribution is 2.53. The second kappa shape index (κ2) is 3.92. The highest BCUT2D eigenvalue weighted by atomic mass is 16.4. The van der Waals surface area contributed by atoms with Crippen LogP contribution in [0.4, 0.5) is 0 Å². The van der Waals surface area contributed by atoms with Crippen molar-refractivity contribution in [1.29, 1.82) is 0 Å². The summed E-state index contributed by atoms with van der Waals surface area (Å²) in [7, 11) is 0. The Hall–Kier alpha value is -1.65. The summed E-state index contributed by atoms with van der Waals surface area (Å²) in [6, 6.07) is -1.15. The predicted octanol–water partition coefficient (Wildman–Crippen LogP) is -0.432. The zero-order chi connectivity index (χ0) is 13.9. The van der Waals surface area contributed by atoms with Crippen LogP contribution in [0.3, 0.4) is 0 Å². The van der Waals surface area contributed by atoms with Crippen LogP contribution in [-0.2, 0) is 14.4 Å². The monoisotopic (exact) mass is 262 g/mol. The number of hydrogen-bond acceptors (Lipinski definition) is 4. The summed E-state index contributed by atoms with van der Waals surface area (Å²) in [6.45, 7) is 3.37. The number of carbonyl (C=O) groups is 3. The van der Waals surface area contributed by atoms with E-state index in [9.17, 15) is 19.5 Å². The molecule has 5 nitrogen and oxygen atoms in total. The second-order valence-corrected chi connectivity index (χ2v) is 6.05. The van der Waals surface area contributed by atoms with Crippen LogP contribution in [0.1, 0.15) is 20.3 Å². The van der Waals surface area contributed by atoms with Crippen molar-refractivity contribution in [2.75, 3.05) is 0 Å². The maximum Gasteiger partial charge on any atom is 0.234 e. The maximum atomic E-state index is 12.4. The molecule has 5 heteroatoms. The first-order valence-electron chi connectivity index (χ1n) is 6.69. The zero-order valence-electron chi connectivity index (χ0n) is 10.9. The lowest BCUT2D eigenvalue weighted by Gasteiger charge is -2.31. The molecule has 0 radical (unpaired) electrons. The van der Waals surface area contributed by atoms with Crippen LogP contribution in [0.25, 0.3) is 0 Å². The molecular weight excluding hydrogens is 246 g/mol. The van der Waals surface area contributed by atoms with Crippen LogP contribution in [0.2, 0.25) is 0 Å². The molecule has 2 amide bonds. The summed E-state index contributed by atoms with van der Waals surface area (Å²) in [6.07, 6.45) is 4.83. The summed E-state index contributed by atoms with van der Waals surface area (Å²) in [5, 5.41) is 11.2. The molecule has 2 fully saturated rings. The molecule has 0 aromatic heterocycles. The first-order valence-corrected chi connectivity index (χ1v) is 6.69. The van der Waals surface area contributed by atoms with Crippen LogP contribution < -0.4 is 5.11 Å². The number of carboxylic acid groups (broad SMARTS) is 1. The number of amides is 2. The molecule has 1 saturated heterocycles. The molecule has 0 unspecified atom stereocenters.